The van der Waals surface area contributed by atoms with Gasteiger partial charge < -0.3 is 9.47 Å². The number of methoxy groups -OCH3 is 1. The molecule has 2 fully saturated rings. The van der Waals surface area contributed by atoms with Crippen molar-refractivity contribution in [2.45, 2.75) is 44.8 Å². The molecule has 9 heteroatoms. The SMILES string of the molecule is COc1cc(/C=C2/SC(=S)N(C3CCCCC3)C2=O)ccc1OCc1ccccc1[N+](=O)[O-]. The Morgan fingerprint density at radius 2 is 1.94 bits per heavy atom. The van der Waals surface area contributed by atoms with Crippen LogP contribution < -0.4 is 9.47 Å². The number of carbonyl (C=O) groups excluding carboxylic acids is 1. The van der Waals surface area contributed by atoms with Crippen LogP contribution in [0.15, 0.2) is 47.4 Å². The van der Waals surface area contributed by atoms with Crippen LogP contribution in [-0.2, 0) is 11.4 Å². The van der Waals surface area contributed by atoms with Gasteiger partial charge in [-0.1, -0.05) is 61.4 Å². The molecule has 7 nitrogen and oxygen atoms in total. The maximum atomic E-state index is 13.0. The largest absolute Gasteiger partial charge is 0.493 e. The van der Waals surface area contributed by atoms with Crippen LogP contribution in [0.4, 0.5) is 5.69 Å². The van der Waals surface area contributed by atoms with Gasteiger partial charge in [0.15, 0.2) is 11.5 Å². The molecule has 1 saturated carbocycles. The van der Waals surface area contributed by atoms with E-state index in [1.807, 2.05) is 12.1 Å². The zero-order valence-electron chi connectivity index (χ0n) is 18.2. The van der Waals surface area contributed by atoms with Gasteiger partial charge in [0, 0.05) is 12.1 Å². The lowest BCUT2D eigenvalue weighted by Crippen LogP contribution is -2.39. The molecule has 0 unspecified atom stereocenters. The van der Waals surface area contributed by atoms with Crippen LogP contribution in [0.2, 0.25) is 0 Å². The third kappa shape index (κ3) is 5.20. The molecule has 0 N–H and O–H groups in total. The Kier molecular flexibility index (Phi) is 7.29. The summed E-state index contributed by atoms with van der Waals surface area (Å²) in [6.07, 6.45) is 7.29. The molecule has 33 heavy (non-hydrogen) atoms. The fourth-order valence-corrected chi connectivity index (χ4v) is 5.55. The van der Waals surface area contributed by atoms with Crippen molar-refractivity contribution in [3.05, 3.63) is 68.6 Å². The van der Waals surface area contributed by atoms with Gasteiger partial charge in [-0.25, -0.2) is 0 Å². The Morgan fingerprint density at radius 1 is 1.18 bits per heavy atom. The quantitative estimate of drug-likeness (QED) is 0.215. The molecule has 1 aliphatic heterocycles. The minimum atomic E-state index is -0.428. The fourth-order valence-electron chi connectivity index (χ4n) is 4.14. The van der Waals surface area contributed by atoms with Crippen molar-refractivity contribution in [3.8, 4) is 11.5 Å². The average Bonchev–Trinajstić information content (AvgIpc) is 3.11. The van der Waals surface area contributed by atoms with Gasteiger partial charge in [0.05, 0.1) is 22.5 Å². The Hall–Kier alpha value is -2.91. The summed E-state index contributed by atoms with van der Waals surface area (Å²) in [5.74, 6) is 0.903. The van der Waals surface area contributed by atoms with E-state index in [4.69, 9.17) is 21.7 Å². The Morgan fingerprint density at radius 3 is 2.67 bits per heavy atom. The Balaban J connectivity index is 1.50. The fraction of sp³-hybridized carbons (Fsp3) is 0.333. The van der Waals surface area contributed by atoms with E-state index < -0.39 is 4.92 Å². The highest BCUT2D eigenvalue weighted by molar-refractivity contribution is 8.26. The lowest BCUT2D eigenvalue weighted by atomic mass is 9.94. The van der Waals surface area contributed by atoms with Crippen molar-refractivity contribution < 1.29 is 19.2 Å². The van der Waals surface area contributed by atoms with Crippen LogP contribution >= 0.6 is 24.0 Å². The van der Waals surface area contributed by atoms with Gasteiger partial charge in [0.25, 0.3) is 11.6 Å². The standard InChI is InChI=1S/C24H24N2O5S2/c1-30-21-13-16(11-12-20(21)31-15-17-7-5-6-10-19(17)26(28)29)14-22-23(27)25(24(32)33-22)18-8-3-2-4-9-18/h5-7,10-14,18H,2-4,8-9,15H2,1H3/b22-14+. The van der Waals surface area contributed by atoms with Gasteiger partial charge in [0.2, 0.25) is 0 Å². The number of thioether (sulfide) groups is 1. The van der Waals surface area contributed by atoms with E-state index in [9.17, 15) is 14.9 Å². The number of rotatable bonds is 7. The molecule has 2 aromatic rings. The number of hydrogen-bond acceptors (Lipinski definition) is 7. The number of carbonyl (C=O) groups is 1. The number of nitrogens with zero attached hydrogens (tertiary/aromatic N) is 2. The van der Waals surface area contributed by atoms with Crippen LogP contribution in [0.1, 0.15) is 43.2 Å². The van der Waals surface area contributed by atoms with Crippen LogP contribution in [0.25, 0.3) is 6.08 Å². The summed E-state index contributed by atoms with van der Waals surface area (Å²) in [5.41, 5.74) is 1.27. The summed E-state index contributed by atoms with van der Waals surface area (Å²) in [6, 6.07) is 12.0. The molecule has 1 amide bonds. The molecule has 0 radical (unpaired) electrons. The molecule has 1 saturated heterocycles. The topological polar surface area (TPSA) is 81.9 Å². The van der Waals surface area contributed by atoms with Gasteiger partial charge in [-0.05, 0) is 42.7 Å². The van der Waals surface area contributed by atoms with Crippen LogP contribution in [0.3, 0.4) is 0 Å². The lowest BCUT2D eigenvalue weighted by molar-refractivity contribution is -0.385. The van der Waals surface area contributed by atoms with Crippen LogP contribution in [0, 0.1) is 10.1 Å². The summed E-state index contributed by atoms with van der Waals surface area (Å²) >= 11 is 6.84. The summed E-state index contributed by atoms with van der Waals surface area (Å²) in [7, 11) is 1.53. The predicted octanol–water partition coefficient (Wildman–Crippen LogP) is 5.72. The number of benzene rings is 2. The van der Waals surface area contributed by atoms with Gasteiger partial charge >= 0.3 is 0 Å². The molecule has 4 rings (SSSR count). The zero-order chi connectivity index (χ0) is 23.4. The highest BCUT2D eigenvalue weighted by atomic mass is 32.2. The van der Waals surface area contributed by atoms with Gasteiger partial charge in [-0.2, -0.15) is 0 Å². The molecular formula is C24H24N2O5S2. The van der Waals surface area contributed by atoms with E-state index >= 15 is 0 Å². The molecule has 1 heterocycles. The lowest BCUT2D eigenvalue weighted by Gasteiger charge is -2.29. The molecule has 172 valence electrons. The van der Waals surface area contributed by atoms with E-state index in [1.165, 1.54) is 31.4 Å². The summed E-state index contributed by atoms with van der Waals surface area (Å²) in [5, 5.41) is 11.2. The number of para-hydroxylation sites is 1. The monoisotopic (exact) mass is 484 g/mol. The number of hydrogen-bond donors (Lipinski definition) is 0. The second-order valence-electron chi connectivity index (χ2n) is 7.93. The predicted molar refractivity (Wildman–Crippen MR) is 132 cm³/mol. The molecule has 1 aliphatic carbocycles. The van der Waals surface area contributed by atoms with Crippen molar-refractivity contribution in [2.75, 3.05) is 7.11 Å². The first-order valence-corrected chi connectivity index (χ1v) is 12.0. The van der Waals surface area contributed by atoms with Crippen LogP contribution in [0.5, 0.6) is 11.5 Å². The molecule has 2 aliphatic rings. The first kappa shape index (κ1) is 23.3. The van der Waals surface area contributed by atoms with Gasteiger partial charge in [-0.15, -0.1) is 0 Å². The Bertz CT molecular complexity index is 1110. The number of ether oxygens (including phenoxy) is 2. The molecule has 0 aromatic heterocycles. The third-order valence-electron chi connectivity index (χ3n) is 5.82. The minimum absolute atomic E-state index is 0.00748. The molecule has 0 bridgehead atoms. The van der Waals surface area contributed by atoms with E-state index in [0.717, 1.165) is 31.2 Å². The zero-order valence-corrected chi connectivity index (χ0v) is 19.8. The summed E-state index contributed by atoms with van der Waals surface area (Å²) in [6.45, 7) is 0.0346. The maximum Gasteiger partial charge on any atom is 0.276 e. The summed E-state index contributed by atoms with van der Waals surface area (Å²) in [4.78, 5) is 26.2. The first-order valence-electron chi connectivity index (χ1n) is 10.8. The van der Waals surface area contributed by atoms with Crippen molar-refractivity contribution in [1.82, 2.24) is 4.90 Å². The number of amides is 1. The molecule has 0 spiro atoms. The maximum absolute atomic E-state index is 13.0. The van der Waals surface area contributed by atoms with Crippen molar-refractivity contribution in [3.63, 3.8) is 0 Å². The van der Waals surface area contributed by atoms with E-state index in [1.54, 1.807) is 35.2 Å². The molecular weight excluding hydrogens is 460 g/mol. The van der Waals surface area contributed by atoms with Gasteiger partial charge in [-0.3, -0.25) is 19.8 Å². The third-order valence-corrected chi connectivity index (χ3v) is 7.15. The van der Waals surface area contributed by atoms with Gasteiger partial charge in [0.1, 0.15) is 10.9 Å². The van der Waals surface area contributed by atoms with E-state index in [2.05, 4.69) is 0 Å². The highest BCUT2D eigenvalue weighted by Crippen LogP contribution is 2.38. The Labute approximate surface area is 201 Å². The smallest absolute Gasteiger partial charge is 0.276 e. The second-order valence-corrected chi connectivity index (χ2v) is 9.60. The highest BCUT2D eigenvalue weighted by Gasteiger charge is 2.37. The average molecular weight is 485 g/mol. The van der Waals surface area contributed by atoms with Crippen LogP contribution in [-0.4, -0.2) is 33.2 Å². The first-order chi connectivity index (χ1) is 16.0. The van der Waals surface area contributed by atoms with Crippen molar-refractivity contribution in [2.24, 2.45) is 0 Å². The van der Waals surface area contributed by atoms with Crippen molar-refractivity contribution in [1.29, 1.82) is 0 Å². The molecule has 2 aromatic carbocycles. The second kappa shape index (κ2) is 10.4. The van der Waals surface area contributed by atoms with E-state index in [0.29, 0.717) is 26.3 Å². The summed E-state index contributed by atoms with van der Waals surface area (Å²) < 4.78 is 11.9. The normalized spacial score (nSPS) is 18.1. The van der Waals surface area contributed by atoms with E-state index in [-0.39, 0.29) is 24.2 Å². The molecule has 0 atom stereocenters. The number of nitro benzene ring substituents is 1. The minimum Gasteiger partial charge on any atom is -0.493 e. The number of thiocarbonyl (C=S) groups is 1. The number of nitro groups is 1. The van der Waals surface area contributed by atoms with Crippen molar-refractivity contribution >= 4 is 46.0 Å².